The summed E-state index contributed by atoms with van der Waals surface area (Å²) in [7, 11) is 0. The average Bonchev–Trinajstić information content (AvgIpc) is 2.42. The molecule has 0 radical (unpaired) electrons. The van der Waals surface area contributed by atoms with Gasteiger partial charge in [-0.25, -0.2) is 0 Å². The Labute approximate surface area is 133 Å². The number of unbranched alkanes of at least 4 members (excludes halogenated alkanes) is 3. The fourth-order valence-corrected chi connectivity index (χ4v) is 3.66. The van der Waals surface area contributed by atoms with Crippen LogP contribution in [-0.4, -0.2) is 24.8 Å². The lowest BCUT2D eigenvalue weighted by Gasteiger charge is -2.45. The van der Waals surface area contributed by atoms with Crippen LogP contribution in [-0.2, 0) is 4.74 Å². The van der Waals surface area contributed by atoms with Crippen molar-refractivity contribution in [3.05, 3.63) is 0 Å². The molecule has 1 rings (SSSR count). The molecule has 0 heterocycles. The van der Waals surface area contributed by atoms with Gasteiger partial charge in [-0.2, -0.15) is 0 Å². The molecular formula is C19H39NO. The van der Waals surface area contributed by atoms with E-state index in [0.29, 0.717) is 23.7 Å². The van der Waals surface area contributed by atoms with Crippen LogP contribution in [0.25, 0.3) is 0 Å². The van der Waals surface area contributed by atoms with Gasteiger partial charge in [0, 0.05) is 6.04 Å². The Morgan fingerprint density at radius 2 is 1.90 bits per heavy atom. The molecule has 3 unspecified atom stereocenters. The highest BCUT2D eigenvalue weighted by Crippen LogP contribution is 2.37. The van der Waals surface area contributed by atoms with E-state index in [1.807, 2.05) is 0 Å². The van der Waals surface area contributed by atoms with Crippen LogP contribution in [0.2, 0.25) is 0 Å². The van der Waals surface area contributed by atoms with E-state index in [0.717, 1.165) is 6.54 Å². The lowest BCUT2D eigenvalue weighted by atomic mass is 9.71. The van der Waals surface area contributed by atoms with Crippen molar-refractivity contribution in [1.29, 1.82) is 0 Å². The molecule has 2 heteroatoms. The first kappa shape index (κ1) is 19.0. The van der Waals surface area contributed by atoms with Gasteiger partial charge in [0.2, 0.25) is 0 Å². The van der Waals surface area contributed by atoms with Crippen LogP contribution in [0.3, 0.4) is 0 Å². The van der Waals surface area contributed by atoms with Crippen molar-refractivity contribution in [2.75, 3.05) is 6.54 Å². The minimum absolute atomic E-state index is 0.361. The Kier molecular flexibility index (Phi) is 8.89. The molecule has 21 heavy (non-hydrogen) atoms. The highest BCUT2D eigenvalue weighted by Gasteiger charge is 2.39. The van der Waals surface area contributed by atoms with E-state index in [4.69, 9.17) is 4.74 Å². The Morgan fingerprint density at radius 3 is 2.57 bits per heavy atom. The molecule has 0 spiro atoms. The van der Waals surface area contributed by atoms with Crippen molar-refractivity contribution in [2.45, 2.75) is 111 Å². The largest absolute Gasteiger partial charge is 0.374 e. The summed E-state index contributed by atoms with van der Waals surface area (Å²) in [5.74, 6) is 0. The Bertz CT molecular complexity index is 264. The zero-order chi connectivity index (χ0) is 15.7. The van der Waals surface area contributed by atoms with E-state index in [-0.39, 0.29) is 0 Å². The van der Waals surface area contributed by atoms with Crippen molar-refractivity contribution in [3.63, 3.8) is 0 Å². The molecule has 126 valence electrons. The third-order valence-electron chi connectivity index (χ3n) is 5.01. The molecule has 0 saturated heterocycles. The smallest absolute Gasteiger partial charge is 0.0736 e. The maximum atomic E-state index is 6.45. The fourth-order valence-electron chi connectivity index (χ4n) is 3.66. The van der Waals surface area contributed by atoms with Crippen molar-refractivity contribution in [2.24, 2.45) is 5.41 Å². The zero-order valence-corrected chi connectivity index (χ0v) is 15.2. The summed E-state index contributed by atoms with van der Waals surface area (Å²) >= 11 is 0. The fraction of sp³-hybridized carbons (Fsp3) is 1.00. The molecule has 0 aromatic rings. The summed E-state index contributed by atoms with van der Waals surface area (Å²) in [5.41, 5.74) is 0.361. The summed E-state index contributed by atoms with van der Waals surface area (Å²) in [6, 6.07) is 0.518. The highest BCUT2D eigenvalue weighted by atomic mass is 16.5. The molecule has 0 aromatic carbocycles. The van der Waals surface area contributed by atoms with Gasteiger partial charge < -0.3 is 10.1 Å². The van der Waals surface area contributed by atoms with Crippen LogP contribution < -0.4 is 5.32 Å². The molecule has 1 N–H and O–H groups in total. The first-order valence-electron chi connectivity index (χ1n) is 9.40. The SMILES string of the molecule is CCCCCCC(C)OC1CCCC(C)(C)C1NCCC. The van der Waals surface area contributed by atoms with Crippen molar-refractivity contribution < 1.29 is 4.74 Å². The third-order valence-corrected chi connectivity index (χ3v) is 5.01. The number of hydrogen-bond acceptors (Lipinski definition) is 2. The first-order chi connectivity index (χ1) is 10.0. The summed E-state index contributed by atoms with van der Waals surface area (Å²) < 4.78 is 6.45. The minimum atomic E-state index is 0.361. The molecule has 1 aliphatic carbocycles. The van der Waals surface area contributed by atoms with Gasteiger partial charge in [0.05, 0.1) is 12.2 Å². The Balaban J connectivity index is 2.45. The predicted octanol–water partition coefficient (Wildman–Crippen LogP) is 5.31. The lowest BCUT2D eigenvalue weighted by Crippen LogP contribution is -2.54. The highest BCUT2D eigenvalue weighted by molar-refractivity contribution is 4.94. The summed E-state index contributed by atoms with van der Waals surface area (Å²) in [4.78, 5) is 0. The molecule has 3 atom stereocenters. The van der Waals surface area contributed by atoms with Gasteiger partial charge in [0.15, 0.2) is 0 Å². The zero-order valence-electron chi connectivity index (χ0n) is 15.2. The van der Waals surface area contributed by atoms with E-state index in [1.54, 1.807) is 0 Å². The maximum Gasteiger partial charge on any atom is 0.0736 e. The van der Waals surface area contributed by atoms with Crippen molar-refractivity contribution >= 4 is 0 Å². The van der Waals surface area contributed by atoms with Gasteiger partial charge >= 0.3 is 0 Å². The van der Waals surface area contributed by atoms with Gasteiger partial charge in [-0.15, -0.1) is 0 Å². The molecule has 1 fully saturated rings. The molecule has 0 bridgehead atoms. The third kappa shape index (κ3) is 6.69. The minimum Gasteiger partial charge on any atom is -0.374 e. The second-order valence-corrected chi connectivity index (χ2v) is 7.65. The second-order valence-electron chi connectivity index (χ2n) is 7.65. The van der Waals surface area contributed by atoms with Crippen molar-refractivity contribution in [1.82, 2.24) is 5.32 Å². The molecule has 0 amide bonds. The molecule has 2 nitrogen and oxygen atoms in total. The number of ether oxygens (including phenoxy) is 1. The molecule has 0 aromatic heterocycles. The predicted molar refractivity (Wildman–Crippen MR) is 92.8 cm³/mol. The van der Waals surface area contributed by atoms with Gasteiger partial charge in [-0.1, -0.05) is 59.8 Å². The van der Waals surface area contributed by atoms with Crippen LogP contribution in [0, 0.1) is 5.41 Å². The van der Waals surface area contributed by atoms with E-state index >= 15 is 0 Å². The van der Waals surface area contributed by atoms with E-state index < -0.39 is 0 Å². The van der Waals surface area contributed by atoms with Crippen LogP contribution in [0.5, 0.6) is 0 Å². The van der Waals surface area contributed by atoms with Gasteiger partial charge in [0.25, 0.3) is 0 Å². The molecular weight excluding hydrogens is 258 g/mol. The topological polar surface area (TPSA) is 21.3 Å². The summed E-state index contributed by atoms with van der Waals surface area (Å²) in [6.45, 7) is 12.7. The van der Waals surface area contributed by atoms with E-state index in [9.17, 15) is 0 Å². The standard InChI is InChI=1S/C19H39NO/c1-6-8-9-10-12-16(3)21-17-13-11-14-19(4,5)18(17)20-15-7-2/h16-18,20H,6-15H2,1-5H3. The van der Waals surface area contributed by atoms with Gasteiger partial charge in [-0.3, -0.25) is 0 Å². The van der Waals surface area contributed by atoms with Crippen LogP contribution in [0.1, 0.15) is 92.4 Å². The van der Waals surface area contributed by atoms with E-state index in [1.165, 1.54) is 57.8 Å². The quantitative estimate of drug-likeness (QED) is 0.552. The number of rotatable bonds is 10. The molecule has 1 saturated carbocycles. The second kappa shape index (κ2) is 9.84. The number of nitrogens with one attached hydrogen (secondary N) is 1. The van der Waals surface area contributed by atoms with E-state index in [2.05, 4.69) is 39.9 Å². The average molecular weight is 298 g/mol. The maximum absolute atomic E-state index is 6.45. The van der Waals surface area contributed by atoms with Crippen molar-refractivity contribution in [3.8, 4) is 0 Å². The van der Waals surface area contributed by atoms with Gasteiger partial charge in [-0.05, 0) is 44.6 Å². The monoisotopic (exact) mass is 297 g/mol. The Morgan fingerprint density at radius 1 is 1.14 bits per heavy atom. The lowest BCUT2D eigenvalue weighted by molar-refractivity contribution is -0.0731. The van der Waals surface area contributed by atoms with Crippen LogP contribution >= 0.6 is 0 Å². The van der Waals surface area contributed by atoms with Crippen LogP contribution in [0.15, 0.2) is 0 Å². The van der Waals surface area contributed by atoms with Crippen LogP contribution in [0.4, 0.5) is 0 Å². The number of hydrogen-bond donors (Lipinski definition) is 1. The summed E-state index contributed by atoms with van der Waals surface area (Å²) in [5, 5.41) is 3.77. The summed E-state index contributed by atoms with van der Waals surface area (Å²) in [6.07, 6.45) is 12.4. The normalized spacial score (nSPS) is 26.7. The molecule has 0 aliphatic heterocycles. The Hall–Kier alpha value is -0.0800. The molecule has 1 aliphatic rings. The first-order valence-corrected chi connectivity index (χ1v) is 9.40. The van der Waals surface area contributed by atoms with Gasteiger partial charge in [0.1, 0.15) is 0 Å².